The van der Waals surface area contributed by atoms with Crippen molar-refractivity contribution in [3.63, 3.8) is 0 Å². The topological polar surface area (TPSA) is 20.2 Å². The number of hydrogen-bond acceptors (Lipinski definition) is 1. The summed E-state index contributed by atoms with van der Waals surface area (Å²) < 4.78 is 36.3. The molecule has 0 saturated heterocycles. The normalized spacial score (nSPS) is 11.7. The summed E-state index contributed by atoms with van der Waals surface area (Å²) in [5, 5.41) is 8.95. The standard InChI is InChI=1S/C8H6F3IO/c9-8(10,11)4-5-1-2-6(13)3-7(5)12/h1-3,13H,4H2. The van der Waals surface area contributed by atoms with Crippen LogP contribution in [0, 0.1) is 3.57 Å². The second-order valence-corrected chi connectivity index (χ2v) is 3.73. The lowest BCUT2D eigenvalue weighted by atomic mass is 10.1. The SMILES string of the molecule is Oc1ccc(CC(F)(F)F)c(I)c1. The minimum absolute atomic E-state index is 0.0182. The van der Waals surface area contributed by atoms with E-state index >= 15 is 0 Å². The average Bonchev–Trinajstić information content (AvgIpc) is 1.93. The molecule has 0 aromatic heterocycles. The van der Waals surface area contributed by atoms with Crippen LogP contribution in [0.15, 0.2) is 18.2 Å². The van der Waals surface area contributed by atoms with E-state index in [0.29, 0.717) is 3.57 Å². The third-order valence-electron chi connectivity index (χ3n) is 1.43. The molecule has 1 rings (SSSR count). The fourth-order valence-corrected chi connectivity index (χ4v) is 1.59. The van der Waals surface area contributed by atoms with Crippen LogP contribution in [0.1, 0.15) is 5.56 Å². The van der Waals surface area contributed by atoms with Crippen LogP contribution in [-0.4, -0.2) is 11.3 Å². The van der Waals surface area contributed by atoms with Gasteiger partial charge in [-0.2, -0.15) is 13.2 Å². The number of halogens is 4. The molecular weight excluding hydrogens is 296 g/mol. The summed E-state index contributed by atoms with van der Waals surface area (Å²) in [6.07, 6.45) is -5.15. The van der Waals surface area contributed by atoms with Crippen LogP contribution in [0.4, 0.5) is 13.2 Å². The first-order valence-corrected chi connectivity index (χ1v) is 4.50. The van der Waals surface area contributed by atoms with Gasteiger partial charge in [-0.1, -0.05) is 6.07 Å². The summed E-state index contributed by atoms with van der Waals surface area (Å²) in [5.74, 6) is -0.0182. The predicted molar refractivity (Wildman–Crippen MR) is 50.6 cm³/mol. The van der Waals surface area contributed by atoms with Gasteiger partial charge >= 0.3 is 6.18 Å². The summed E-state index contributed by atoms with van der Waals surface area (Å²) in [4.78, 5) is 0. The molecule has 1 aromatic rings. The van der Waals surface area contributed by atoms with Crippen molar-refractivity contribution in [2.24, 2.45) is 0 Å². The van der Waals surface area contributed by atoms with Crippen LogP contribution in [-0.2, 0) is 6.42 Å². The zero-order valence-electron chi connectivity index (χ0n) is 6.40. The number of aromatic hydroxyl groups is 1. The van der Waals surface area contributed by atoms with Gasteiger partial charge in [0.1, 0.15) is 5.75 Å². The molecule has 0 spiro atoms. The van der Waals surface area contributed by atoms with Crippen molar-refractivity contribution in [3.05, 3.63) is 27.3 Å². The first kappa shape index (κ1) is 10.6. The number of hydrogen-bond donors (Lipinski definition) is 1. The van der Waals surface area contributed by atoms with Crippen LogP contribution in [0.25, 0.3) is 0 Å². The van der Waals surface area contributed by atoms with Crippen molar-refractivity contribution in [2.45, 2.75) is 12.6 Å². The lowest BCUT2D eigenvalue weighted by Gasteiger charge is -2.08. The second-order valence-electron chi connectivity index (χ2n) is 2.57. The van der Waals surface area contributed by atoms with Gasteiger partial charge in [-0.3, -0.25) is 0 Å². The van der Waals surface area contributed by atoms with E-state index in [0.717, 1.165) is 0 Å². The van der Waals surface area contributed by atoms with E-state index in [1.807, 2.05) is 0 Å². The summed E-state index contributed by atoms with van der Waals surface area (Å²) in [5.41, 5.74) is 0.186. The van der Waals surface area contributed by atoms with Crippen LogP contribution >= 0.6 is 22.6 Å². The number of alkyl halides is 3. The van der Waals surface area contributed by atoms with E-state index < -0.39 is 12.6 Å². The molecule has 72 valence electrons. The quantitative estimate of drug-likeness (QED) is 0.790. The Kier molecular flexibility index (Phi) is 3.05. The Hall–Kier alpha value is -0.460. The van der Waals surface area contributed by atoms with Gasteiger partial charge in [-0.15, -0.1) is 0 Å². The van der Waals surface area contributed by atoms with Gasteiger partial charge in [0.2, 0.25) is 0 Å². The maximum absolute atomic E-state index is 12.0. The molecule has 0 saturated carbocycles. The molecule has 0 heterocycles. The average molecular weight is 302 g/mol. The Labute approximate surface area is 86.7 Å². The Morgan fingerprint density at radius 3 is 2.38 bits per heavy atom. The van der Waals surface area contributed by atoms with Crippen molar-refractivity contribution in [3.8, 4) is 5.75 Å². The fourth-order valence-electron chi connectivity index (χ4n) is 0.896. The van der Waals surface area contributed by atoms with Crippen LogP contribution < -0.4 is 0 Å². The zero-order valence-corrected chi connectivity index (χ0v) is 8.56. The maximum atomic E-state index is 12.0. The van der Waals surface area contributed by atoms with Crippen molar-refractivity contribution in [1.29, 1.82) is 0 Å². The Morgan fingerprint density at radius 1 is 1.31 bits per heavy atom. The molecule has 0 atom stereocenters. The highest BCUT2D eigenvalue weighted by Crippen LogP contribution is 2.26. The molecule has 0 unspecified atom stereocenters. The highest BCUT2D eigenvalue weighted by molar-refractivity contribution is 14.1. The largest absolute Gasteiger partial charge is 0.508 e. The van der Waals surface area contributed by atoms with Gasteiger partial charge in [0.05, 0.1) is 6.42 Å². The van der Waals surface area contributed by atoms with Gasteiger partial charge in [0.25, 0.3) is 0 Å². The highest BCUT2D eigenvalue weighted by atomic mass is 127. The highest BCUT2D eigenvalue weighted by Gasteiger charge is 2.28. The molecule has 1 nitrogen and oxygen atoms in total. The van der Waals surface area contributed by atoms with E-state index in [2.05, 4.69) is 0 Å². The third kappa shape index (κ3) is 3.41. The van der Waals surface area contributed by atoms with E-state index in [9.17, 15) is 13.2 Å². The second kappa shape index (κ2) is 3.73. The Balaban J connectivity index is 2.90. The van der Waals surface area contributed by atoms with E-state index in [1.165, 1.54) is 18.2 Å². The molecule has 0 aliphatic heterocycles. The zero-order chi connectivity index (χ0) is 10.1. The van der Waals surface area contributed by atoms with Gasteiger partial charge in [0.15, 0.2) is 0 Å². The molecule has 1 aromatic carbocycles. The molecule has 5 heteroatoms. The lowest BCUT2D eigenvalue weighted by Crippen LogP contribution is -2.12. The van der Waals surface area contributed by atoms with Crippen molar-refractivity contribution in [2.75, 3.05) is 0 Å². The molecule has 0 aliphatic carbocycles. The fraction of sp³-hybridized carbons (Fsp3) is 0.250. The minimum atomic E-state index is -4.20. The molecule has 0 bridgehead atoms. The summed E-state index contributed by atoms with van der Waals surface area (Å²) in [6.45, 7) is 0. The molecule has 1 N–H and O–H groups in total. The molecule has 0 aliphatic rings. The van der Waals surface area contributed by atoms with Crippen LogP contribution in [0.3, 0.4) is 0 Å². The summed E-state index contributed by atoms with van der Waals surface area (Å²) in [7, 11) is 0. The molecule has 0 amide bonds. The Morgan fingerprint density at radius 2 is 1.92 bits per heavy atom. The first-order chi connectivity index (χ1) is 5.88. The number of rotatable bonds is 1. The van der Waals surface area contributed by atoms with E-state index in [4.69, 9.17) is 5.11 Å². The number of benzene rings is 1. The first-order valence-electron chi connectivity index (χ1n) is 3.42. The van der Waals surface area contributed by atoms with Crippen molar-refractivity contribution >= 4 is 22.6 Å². The smallest absolute Gasteiger partial charge is 0.393 e. The summed E-state index contributed by atoms with van der Waals surface area (Å²) in [6, 6.07) is 3.84. The van der Waals surface area contributed by atoms with Crippen molar-refractivity contribution < 1.29 is 18.3 Å². The van der Waals surface area contributed by atoms with Gasteiger partial charge in [0, 0.05) is 3.57 Å². The predicted octanol–water partition coefficient (Wildman–Crippen LogP) is 3.10. The lowest BCUT2D eigenvalue weighted by molar-refractivity contribution is -0.127. The van der Waals surface area contributed by atoms with Crippen LogP contribution in [0.2, 0.25) is 0 Å². The van der Waals surface area contributed by atoms with Crippen molar-refractivity contribution in [1.82, 2.24) is 0 Å². The van der Waals surface area contributed by atoms with E-state index in [1.54, 1.807) is 22.6 Å². The van der Waals surface area contributed by atoms with Gasteiger partial charge < -0.3 is 5.11 Å². The minimum Gasteiger partial charge on any atom is -0.508 e. The summed E-state index contributed by atoms with van der Waals surface area (Å²) >= 11 is 1.77. The number of phenols is 1. The van der Waals surface area contributed by atoms with Gasteiger partial charge in [-0.25, -0.2) is 0 Å². The molecular formula is C8H6F3IO. The number of phenolic OH excluding ortho intramolecular Hbond substituents is 1. The van der Waals surface area contributed by atoms with Crippen LogP contribution in [0.5, 0.6) is 5.75 Å². The monoisotopic (exact) mass is 302 g/mol. The molecule has 0 fully saturated rings. The molecule has 0 radical (unpaired) electrons. The maximum Gasteiger partial charge on any atom is 0.393 e. The van der Waals surface area contributed by atoms with E-state index in [-0.39, 0.29) is 11.3 Å². The Bertz CT molecular complexity index is 309. The third-order valence-corrected chi connectivity index (χ3v) is 2.43. The van der Waals surface area contributed by atoms with Gasteiger partial charge in [-0.05, 0) is 40.3 Å². The molecule has 13 heavy (non-hydrogen) atoms.